The normalized spacial score (nSPS) is 17.6. The van der Waals surface area contributed by atoms with Gasteiger partial charge in [0.1, 0.15) is 29.5 Å². The van der Waals surface area contributed by atoms with Crippen LogP contribution in [0.1, 0.15) is 62.3 Å². The smallest absolute Gasteiger partial charge is 0.126 e. The number of aliphatic hydroxyl groups is 6. The van der Waals surface area contributed by atoms with Crippen molar-refractivity contribution in [3.8, 4) is 0 Å². The number of hydrogen-bond acceptors (Lipinski definition) is 6. The molecule has 0 spiro atoms. The average Bonchev–Trinajstić information content (AvgIpc) is 2.84. The molecule has 6 nitrogen and oxygen atoms in total. The van der Waals surface area contributed by atoms with E-state index in [0.29, 0.717) is 11.1 Å². The van der Waals surface area contributed by atoms with E-state index >= 15 is 0 Å². The SMILES string of the molecule is C=C(C)CC(O)(Cc1ccc(CCC)cc1)[C@@H](O)[C@@](O)(Cc1ccc(CCC)cc1)[C@H](O)[C@@H](O)CO. The molecule has 0 aliphatic heterocycles. The van der Waals surface area contributed by atoms with Crippen LogP contribution in [-0.4, -0.2) is 66.8 Å². The zero-order valence-electron chi connectivity index (χ0n) is 21.9. The number of rotatable bonds is 15. The summed E-state index contributed by atoms with van der Waals surface area (Å²) in [6.45, 7) is 8.96. The van der Waals surface area contributed by atoms with Gasteiger partial charge in [0.05, 0.1) is 6.61 Å². The summed E-state index contributed by atoms with van der Waals surface area (Å²) in [4.78, 5) is 0. The van der Waals surface area contributed by atoms with Crippen LogP contribution in [0.15, 0.2) is 60.7 Å². The van der Waals surface area contributed by atoms with E-state index in [-0.39, 0.29) is 19.3 Å². The predicted molar refractivity (Wildman–Crippen MR) is 143 cm³/mol. The van der Waals surface area contributed by atoms with Crippen molar-refractivity contribution < 1.29 is 30.6 Å². The highest BCUT2D eigenvalue weighted by Crippen LogP contribution is 2.36. The third-order valence-electron chi connectivity index (χ3n) is 6.77. The fourth-order valence-corrected chi connectivity index (χ4v) is 4.95. The highest BCUT2D eigenvalue weighted by molar-refractivity contribution is 5.28. The Labute approximate surface area is 215 Å². The van der Waals surface area contributed by atoms with E-state index < -0.39 is 36.1 Å². The van der Waals surface area contributed by atoms with Crippen LogP contribution >= 0.6 is 0 Å². The first-order chi connectivity index (χ1) is 17.0. The minimum atomic E-state index is -2.36. The molecule has 0 bridgehead atoms. The molecule has 0 radical (unpaired) electrons. The molecule has 2 rings (SSSR count). The van der Waals surface area contributed by atoms with Gasteiger partial charge in [-0.3, -0.25) is 0 Å². The highest BCUT2D eigenvalue weighted by atomic mass is 16.4. The third-order valence-corrected chi connectivity index (χ3v) is 6.77. The van der Waals surface area contributed by atoms with Crippen LogP contribution in [0.2, 0.25) is 0 Å². The van der Waals surface area contributed by atoms with E-state index in [1.807, 2.05) is 36.4 Å². The van der Waals surface area contributed by atoms with Crippen molar-refractivity contribution in [2.45, 2.75) is 95.2 Å². The van der Waals surface area contributed by atoms with Gasteiger partial charge in [-0.25, -0.2) is 0 Å². The number of hydrogen-bond donors (Lipinski definition) is 6. The second-order valence-corrected chi connectivity index (χ2v) is 10.3. The summed E-state index contributed by atoms with van der Waals surface area (Å²) in [6.07, 6.45) is -1.97. The molecule has 0 saturated carbocycles. The van der Waals surface area contributed by atoms with Crippen molar-refractivity contribution in [2.75, 3.05) is 6.61 Å². The molecule has 6 N–H and O–H groups in total. The second-order valence-electron chi connectivity index (χ2n) is 10.3. The third kappa shape index (κ3) is 7.72. The zero-order valence-corrected chi connectivity index (χ0v) is 21.9. The Hall–Kier alpha value is -2.06. The molecule has 2 aromatic rings. The Kier molecular flexibility index (Phi) is 11.3. The number of benzene rings is 2. The molecule has 0 amide bonds. The minimum Gasteiger partial charge on any atom is -0.394 e. The summed E-state index contributed by atoms with van der Waals surface area (Å²) in [7, 11) is 0. The van der Waals surface area contributed by atoms with Gasteiger partial charge in [0.25, 0.3) is 0 Å². The van der Waals surface area contributed by atoms with E-state index in [4.69, 9.17) is 0 Å². The van der Waals surface area contributed by atoms with Crippen LogP contribution in [0.4, 0.5) is 0 Å². The molecule has 0 heterocycles. The first kappa shape index (κ1) is 30.2. The summed E-state index contributed by atoms with van der Waals surface area (Å²) >= 11 is 0. The Morgan fingerprint density at radius 2 is 1.19 bits per heavy atom. The topological polar surface area (TPSA) is 121 Å². The van der Waals surface area contributed by atoms with Crippen molar-refractivity contribution in [1.29, 1.82) is 0 Å². The lowest BCUT2D eigenvalue weighted by atomic mass is 9.71. The maximum absolute atomic E-state index is 11.8. The molecule has 0 aromatic heterocycles. The van der Waals surface area contributed by atoms with Crippen LogP contribution in [0.5, 0.6) is 0 Å². The first-order valence-electron chi connectivity index (χ1n) is 12.9. The van der Waals surface area contributed by atoms with Gasteiger partial charge >= 0.3 is 0 Å². The van der Waals surface area contributed by atoms with Crippen LogP contribution in [0.25, 0.3) is 0 Å². The van der Waals surface area contributed by atoms with Crippen molar-refractivity contribution in [2.24, 2.45) is 0 Å². The molecule has 0 aliphatic rings. The largest absolute Gasteiger partial charge is 0.394 e. The van der Waals surface area contributed by atoms with Gasteiger partial charge in [-0.1, -0.05) is 80.8 Å². The van der Waals surface area contributed by atoms with Crippen LogP contribution in [0, 0.1) is 0 Å². The maximum Gasteiger partial charge on any atom is 0.126 e. The predicted octanol–water partition coefficient (Wildman–Crippen LogP) is 2.88. The Morgan fingerprint density at radius 1 is 0.778 bits per heavy atom. The van der Waals surface area contributed by atoms with Gasteiger partial charge in [0, 0.05) is 12.8 Å². The maximum atomic E-state index is 11.8. The van der Waals surface area contributed by atoms with E-state index in [1.54, 1.807) is 19.1 Å². The molecule has 2 aromatic carbocycles. The van der Waals surface area contributed by atoms with Crippen LogP contribution < -0.4 is 0 Å². The van der Waals surface area contributed by atoms with E-state index in [9.17, 15) is 30.6 Å². The average molecular weight is 501 g/mol. The molecule has 1 unspecified atom stereocenters. The summed E-state index contributed by atoms with van der Waals surface area (Å²) in [5.74, 6) is 0. The van der Waals surface area contributed by atoms with Gasteiger partial charge in [-0.05, 0) is 48.4 Å². The van der Waals surface area contributed by atoms with Gasteiger partial charge in [-0.15, -0.1) is 6.58 Å². The van der Waals surface area contributed by atoms with Crippen LogP contribution in [-0.2, 0) is 25.7 Å². The quantitative estimate of drug-likeness (QED) is 0.209. The number of aryl methyl sites for hydroxylation is 2. The molecule has 200 valence electrons. The molecular weight excluding hydrogens is 456 g/mol. The van der Waals surface area contributed by atoms with Gasteiger partial charge in [-0.2, -0.15) is 0 Å². The molecule has 6 heteroatoms. The Bertz CT molecular complexity index is 941. The molecular formula is C30H44O6. The summed E-state index contributed by atoms with van der Waals surface area (Å²) < 4.78 is 0. The fraction of sp³-hybridized carbons (Fsp3) is 0.533. The second kappa shape index (κ2) is 13.5. The monoisotopic (exact) mass is 500 g/mol. The first-order valence-corrected chi connectivity index (χ1v) is 12.9. The van der Waals surface area contributed by atoms with Gasteiger partial charge in [0.2, 0.25) is 0 Å². The van der Waals surface area contributed by atoms with Crippen molar-refractivity contribution in [3.63, 3.8) is 0 Å². The molecule has 0 aliphatic carbocycles. The van der Waals surface area contributed by atoms with E-state index in [0.717, 1.165) is 42.4 Å². The molecule has 36 heavy (non-hydrogen) atoms. The lowest BCUT2D eigenvalue weighted by molar-refractivity contribution is -0.228. The summed E-state index contributed by atoms with van der Waals surface area (Å²) in [5.41, 5.74) is -0.0291. The molecule has 0 saturated heterocycles. The lowest BCUT2D eigenvalue weighted by Gasteiger charge is -2.46. The summed E-state index contributed by atoms with van der Waals surface area (Å²) in [6, 6.07) is 15.1. The summed E-state index contributed by atoms with van der Waals surface area (Å²) in [5, 5.41) is 65.7. The molecule has 0 fully saturated rings. The Balaban J connectivity index is 2.47. The lowest BCUT2D eigenvalue weighted by Crippen LogP contribution is -2.66. The standard InChI is InChI=1S/C30H44O6/c1-5-7-22-9-13-24(14-10-22)18-29(35,17-21(3)4)28(34)30(36,27(33)26(32)20-31)19-25-15-11-23(8-6-2)12-16-25/h9-16,26-28,31-36H,3,5-8,17-20H2,1-2,4H3/t26-,27+,28+,29?,30+/m0/s1. The van der Waals surface area contributed by atoms with Crippen molar-refractivity contribution >= 4 is 0 Å². The Morgan fingerprint density at radius 3 is 1.58 bits per heavy atom. The minimum absolute atomic E-state index is 0.00683. The number of aliphatic hydroxyl groups excluding tert-OH is 4. The van der Waals surface area contributed by atoms with Crippen LogP contribution in [0.3, 0.4) is 0 Å². The molecule has 5 atom stereocenters. The van der Waals surface area contributed by atoms with Crippen molar-refractivity contribution in [1.82, 2.24) is 0 Å². The van der Waals surface area contributed by atoms with Crippen molar-refractivity contribution in [3.05, 3.63) is 82.9 Å². The fourth-order valence-electron chi connectivity index (χ4n) is 4.95. The van der Waals surface area contributed by atoms with E-state index in [2.05, 4.69) is 20.4 Å². The van der Waals surface area contributed by atoms with Gasteiger partial charge in [0.15, 0.2) is 0 Å². The van der Waals surface area contributed by atoms with E-state index in [1.165, 1.54) is 0 Å². The highest BCUT2D eigenvalue weighted by Gasteiger charge is 2.54. The zero-order chi connectivity index (χ0) is 26.9. The van der Waals surface area contributed by atoms with Gasteiger partial charge < -0.3 is 30.6 Å².